The van der Waals surface area contributed by atoms with E-state index in [1.165, 1.54) is 6.92 Å². The minimum atomic E-state index is -0.350. The molecule has 1 fully saturated rings. The minimum Gasteiger partial charge on any atom is -0.324 e. The molecule has 0 aromatic heterocycles. The van der Waals surface area contributed by atoms with E-state index in [4.69, 9.17) is 0 Å². The molecule has 0 aliphatic carbocycles. The molecule has 2 aromatic carbocycles. The normalized spacial score (nSPS) is 16.6. The molecule has 3 rings (SSSR count). The molecule has 154 valence electrons. The summed E-state index contributed by atoms with van der Waals surface area (Å²) in [5.74, 6) is -0.0763. The molecule has 29 heavy (non-hydrogen) atoms. The number of rotatable bonds is 7. The Morgan fingerprint density at radius 3 is 2.31 bits per heavy atom. The van der Waals surface area contributed by atoms with Crippen molar-refractivity contribution in [1.29, 1.82) is 0 Å². The molecule has 1 aliphatic heterocycles. The van der Waals surface area contributed by atoms with Crippen LogP contribution in [-0.4, -0.2) is 41.8 Å². The van der Waals surface area contributed by atoms with Crippen LogP contribution < -0.4 is 10.6 Å². The summed E-state index contributed by atoms with van der Waals surface area (Å²) in [6.45, 7) is 7.60. The van der Waals surface area contributed by atoms with E-state index in [9.17, 15) is 9.59 Å². The molecule has 0 bridgehead atoms. The highest BCUT2D eigenvalue weighted by Crippen LogP contribution is 2.27. The lowest BCUT2D eigenvalue weighted by atomic mass is 9.98. The smallest absolute Gasteiger partial charge is 0.246 e. The van der Waals surface area contributed by atoms with E-state index in [2.05, 4.69) is 29.4 Å². The third kappa shape index (κ3) is 5.75. The van der Waals surface area contributed by atoms with Crippen LogP contribution in [-0.2, 0) is 4.79 Å². The van der Waals surface area contributed by atoms with Gasteiger partial charge in [-0.05, 0) is 37.5 Å². The molecule has 5 heteroatoms. The highest BCUT2D eigenvalue weighted by molar-refractivity contribution is 5.98. The largest absolute Gasteiger partial charge is 0.324 e. The molecule has 0 radical (unpaired) electrons. The van der Waals surface area contributed by atoms with Gasteiger partial charge in [0.15, 0.2) is 5.78 Å². The van der Waals surface area contributed by atoms with Crippen molar-refractivity contribution in [1.82, 2.24) is 10.2 Å². The van der Waals surface area contributed by atoms with Gasteiger partial charge in [-0.2, -0.15) is 0 Å². The molecule has 1 amide bonds. The van der Waals surface area contributed by atoms with Crippen LogP contribution in [0.5, 0.6) is 0 Å². The van der Waals surface area contributed by atoms with Crippen LogP contribution in [0, 0.1) is 0 Å². The Balaban J connectivity index is 1.77. The topological polar surface area (TPSA) is 61.4 Å². The Morgan fingerprint density at radius 2 is 1.69 bits per heavy atom. The number of amides is 1. The molecule has 1 atom stereocenters. The van der Waals surface area contributed by atoms with Crippen LogP contribution >= 0.6 is 0 Å². The average molecular weight is 394 g/mol. The van der Waals surface area contributed by atoms with E-state index in [0.29, 0.717) is 23.3 Å². The number of benzene rings is 2. The van der Waals surface area contributed by atoms with Gasteiger partial charge < -0.3 is 10.6 Å². The van der Waals surface area contributed by atoms with Crippen LogP contribution in [0.25, 0.3) is 0 Å². The Labute approximate surface area is 173 Å². The standard InChI is InChI=1S/C24H31N3O2/c1-17(2)25-21-12-14-27(15-13-21)23(19-8-5-4-6-9-19)24(29)26-22-11-7-10-20(16-22)18(3)28/h4-11,16-17,21,23,25H,12-15H2,1-3H3,(H,26,29). The summed E-state index contributed by atoms with van der Waals surface area (Å²) < 4.78 is 0. The second-order valence-electron chi connectivity index (χ2n) is 8.07. The molecule has 5 nitrogen and oxygen atoms in total. The maximum Gasteiger partial charge on any atom is 0.246 e. The van der Waals surface area contributed by atoms with Crippen LogP contribution in [0.15, 0.2) is 54.6 Å². The number of Topliss-reactive ketones (excluding diaryl/α,β-unsaturated/α-hetero) is 1. The predicted octanol–water partition coefficient (Wildman–Crippen LogP) is 4.03. The monoisotopic (exact) mass is 393 g/mol. The maximum atomic E-state index is 13.3. The van der Waals surface area contributed by atoms with Gasteiger partial charge in [0.25, 0.3) is 0 Å². The molecule has 1 heterocycles. The number of hydrogen-bond acceptors (Lipinski definition) is 4. The molecule has 1 unspecified atom stereocenters. The van der Waals surface area contributed by atoms with Crippen molar-refractivity contribution >= 4 is 17.4 Å². The summed E-state index contributed by atoms with van der Waals surface area (Å²) in [6.07, 6.45) is 2.04. The van der Waals surface area contributed by atoms with Crippen LogP contribution in [0.3, 0.4) is 0 Å². The molecular weight excluding hydrogens is 362 g/mol. The lowest BCUT2D eigenvalue weighted by molar-refractivity contribution is -0.122. The summed E-state index contributed by atoms with van der Waals surface area (Å²) in [5.41, 5.74) is 2.24. The van der Waals surface area contributed by atoms with Gasteiger partial charge in [0.05, 0.1) is 0 Å². The van der Waals surface area contributed by atoms with Gasteiger partial charge in [-0.15, -0.1) is 0 Å². The van der Waals surface area contributed by atoms with Gasteiger partial charge >= 0.3 is 0 Å². The van der Waals surface area contributed by atoms with Gasteiger partial charge in [-0.3, -0.25) is 14.5 Å². The second-order valence-corrected chi connectivity index (χ2v) is 8.07. The van der Waals surface area contributed by atoms with E-state index >= 15 is 0 Å². The highest BCUT2D eigenvalue weighted by atomic mass is 16.2. The van der Waals surface area contributed by atoms with E-state index in [1.54, 1.807) is 18.2 Å². The zero-order valence-electron chi connectivity index (χ0n) is 17.5. The summed E-state index contributed by atoms with van der Waals surface area (Å²) >= 11 is 0. The molecule has 0 saturated carbocycles. The third-order valence-corrected chi connectivity index (χ3v) is 5.36. The Bertz CT molecular complexity index is 827. The zero-order chi connectivity index (χ0) is 20.8. The number of hydrogen-bond donors (Lipinski definition) is 2. The number of carbonyl (C=O) groups excluding carboxylic acids is 2. The van der Waals surface area contributed by atoms with Gasteiger partial charge in [0, 0.05) is 36.4 Å². The Morgan fingerprint density at radius 1 is 1.00 bits per heavy atom. The first kappa shape index (κ1) is 21.2. The first-order valence-electron chi connectivity index (χ1n) is 10.4. The number of piperidine rings is 1. The van der Waals surface area contributed by atoms with Crippen molar-refractivity contribution < 1.29 is 9.59 Å². The fraction of sp³-hybridized carbons (Fsp3) is 0.417. The number of ketones is 1. The van der Waals surface area contributed by atoms with Crippen molar-refractivity contribution in [3.05, 3.63) is 65.7 Å². The van der Waals surface area contributed by atoms with Crippen LogP contribution in [0.1, 0.15) is 55.6 Å². The lowest BCUT2D eigenvalue weighted by Gasteiger charge is -2.38. The molecule has 1 aliphatic rings. The van der Waals surface area contributed by atoms with Gasteiger partial charge in [-0.25, -0.2) is 0 Å². The predicted molar refractivity (Wildman–Crippen MR) is 117 cm³/mol. The maximum absolute atomic E-state index is 13.3. The number of anilines is 1. The number of nitrogens with one attached hydrogen (secondary N) is 2. The van der Waals surface area contributed by atoms with Crippen molar-refractivity contribution in [2.24, 2.45) is 0 Å². The summed E-state index contributed by atoms with van der Waals surface area (Å²) in [6, 6.07) is 17.7. The van der Waals surface area contributed by atoms with Crippen molar-refractivity contribution in [3.8, 4) is 0 Å². The quantitative estimate of drug-likeness (QED) is 0.697. The van der Waals surface area contributed by atoms with Crippen molar-refractivity contribution in [2.75, 3.05) is 18.4 Å². The summed E-state index contributed by atoms with van der Waals surface area (Å²) in [4.78, 5) is 27.2. The molecule has 2 N–H and O–H groups in total. The van der Waals surface area contributed by atoms with Crippen molar-refractivity contribution in [2.45, 2.75) is 51.7 Å². The minimum absolute atomic E-state index is 0.0135. The Kier molecular flexibility index (Phi) is 7.18. The highest BCUT2D eigenvalue weighted by Gasteiger charge is 2.31. The van der Waals surface area contributed by atoms with E-state index in [1.807, 2.05) is 36.4 Å². The van der Waals surface area contributed by atoms with E-state index in [0.717, 1.165) is 31.5 Å². The molecular formula is C24H31N3O2. The fourth-order valence-corrected chi connectivity index (χ4v) is 3.99. The average Bonchev–Trinajstić information content (AvgIpc) is 2.70. The third-order valence-electron chi connectivity index (χ3n) is 5.36. The summed E-state index contributed by atoms with van der Waals surface area (Å²) in [5, 5.41) is 6.64. The lowest BCUT2D eigenvalue weighted by Crippen LogP contribution is -2.48. The molecule has 0 spiro atoms. The second kappa shape index (κ2) is 9.81. The van der Waals surface area contributed by atoms with E-state index in [-0.39, 0.29) is 17.7 Å². The number of likely N-dealkylation sites (tertiary alicyclic amines) is 1. The summed E-state index contributed by atoms with van der Waals surface area (Å²) in [7, 11) is 0. The van der Waals surface area contributed by atoms with Gasteiger partial charge in [0.2, 0.25) is 5.91 Å². The van der Waals surface area contributed by atoms with Crippen LogP contribution in [0.2, 0.25) is 0 Å². The SMILES string of the molecule is CC(=O)c1cccc(NC(=O)C(c2ccccc2)N2CCC(NC(C)C)CC2)c1. The number of nitrogens with zero attached hydrogens (tertiary/aromatic N) is 1. The molecule has 2 aromatic rings. The Hall–Kier alpha value is -2.50. The van der Waals surface area contributed by atoms with Crippen LogP contribution in [0.4, 0.5) is 5.69 Å². The number of carbonyl (C=O) groups is 2. The van der Waals surface area contributed by atoms with Gasteiger partial charge in [-0.1, -0.05) is 56.3 Å². The molecule has 1 saturated heterocycles. The zero-order valence-corrected chi connectivity index (χ0v) is 17.5. The fourth-order valence-electron chi connectivity index (χ4n) is 3.99. The van der Waals surface area contributed by atoms with Crippen molar-refractivity contribution in [3.63, 3.8) is 0 Å². The first-order chi connectivity index (χ1) is 13.9. The van der Waals surface area contributed by atoms with E-state index < -0.39 is 0 Å². The van der Waals surface area contributed by atoms with Gasteiger partial charge in [0.1, 0.15) is 6.04 Å². The first-order valence-corrected chi connectivity index (χ1v) is 10.4.